The van der Waals surface area contributed by atoms with Crippen LogP contribution in [0.15, 0.2) is 36.9 Å². The molecule has 0 aliphatic carbocycles. The summed E-state index contributed by atoms with van der Waals surface area (Å²) in [6, 6.07) is 4.04. The average Bonchev–Trinajstić information content (AvgIpc) is 2.94. The molecule has 2 aromatic rings. The predicted octanol–water partition coefficient (Wildman–Crippen LogP) is 1.84. The normalized spacial score (nSPS) is 15.1. The first-order valence-electron chi connectivity index (χ1n) is 5.67. The van der Waals surface area contributed by atoms with Gasteiger partial charge in [0.05, 0.1) is 6.33 Å². The zero-order chi connectivity index (χ0) is 14.2. The first-order chi connectivity index (χ1) is 9.52. The Kier molecular flexibility index (Phi) is 2.78. The monoisotopic (exact) mass is 281 g/mol. The molecule has 0 spiro atoms. The molecule has 1 amide bonds. The molecule has 0 fully saturated rings. The molecule has 1 aliphatic rings. The maximum Gasteiger partial charge on any atom is 0.586 e. The highest BCUT2D eigenvalue weighted by atomic mass is 19.3. The molecule has 8 heteroatoms. The fourth-order valence-electron chi connectivity index (χ4n) is 1.77. The lowest BCUT2D eigenvalue weighted by atomic mass is 10.3. The minimum absolute atomic E-state index is 0.0670. The summed E-state index contributed by atoms with van der Waals surface area (Å²) in [5.41, 5.74) is 0.343. The summed E-state index contributed by atoms with van der Waals surface area (Å²) in [7, 11) is 0. The molecule has 1 aliphatic heterocycles. The van der Waals surface area contributed by atoms with Crippen molar-refractivity contribution in [2.75, 3.05) is 5.32 Å². The van der Waals surface area contributed by atoms with Gasteiger partial charge in [0.25, 0.3) is 0 Å². The topological polar surface area (TPSA) is 65.4 Å². The highest BCUT2D eigenvalue weighted by Crippen LogP contribution is 2.42. The van der Waals surface area contributed by atoms with Crippen molar-refractivity contribution in [2.45, 2.75) is 12.8 Å². The van der Waals surface area contributed by atoms with Gasteiger partial charge in [-0.1, -0.05) is 0 Å². The van der Waals surface area contributed by atoms with Crippen LogP contribution in [-0.4, -0.2) is 21.8 Å². The van der Waals surface area contributed by atoms with E-state index in [9.17, 15) is 13.6 Å². The first kappa shape index (κ1) is 12.4. The summed E-state index contributed by atoms with van der Waals surface area (Å²) < 4.78 is 35.8. The Hall–Kier alpha value is -2.64. The van der Waals surface area contributed by atoms with Crippen LogP contribution in [-0.2, 0) is 11.3 Å². The first-order valence-corrected chi connectivity index (χ1v) is 5.67. The van der Waals surface area contributed by atoms with Crippen molar-refractivity contribution in [2.24, 2.45) is 0 Å². The van der Waals surface area contributed by atoms with Gasteiger partial charge in [0.15, 0.2) is 11.5 Å². The third-order valence-electron chi connectivity index (χ3n) is 2.57. The summed E-state index contributed by atoms with van der Waals surface area (Å²) >= 11 is 0. The second-order valence-corrected chi connectivity index (χ2v) is 4.11. The highest BCUT2D eigenvalue weighted by molar-refractivity contribution is 5.90. The molecule has 0 saturated heterocycles. The second-order valence-electron chi connectivity index (χ2n) is 4.11. The van der Waals surface area contributed by atoms with Gasteiger partial charge in [-0.05, 0) is 12.1 Å². The van der Waals surface area contributed by atoms with E-state index < -0.39 is 6.29 Å². The third-order valence-corrected chi connectivity index (χ3v) is 2.57. The largest absolute Gasteiger partial charge is 0.586 e. The molecule has 0 atom stereocenters. The molecule has 1 N–H and O–H groups in total. The third kappa shape index (κ3) is 2.53. The van der Waals surface area contributed by atoms with E-state index in [0.29, 0.717) is 5.69 Å². The molecule has 0 radical (unpaired) electrons. The highest BCUT2D eigenvalue weighted by Gasteiger charge is 2.43. The van der Waals surface area contributed by atoms with Crippen molar-refractivity contribution in [1.82, 2.24) is 9.55 Å². The van der Waals surface area contributed by atoms with E-state index in [1.165, 1.54) is 24.5 Å². The zero-order valence-corrected chi connectivity index (χ0v) is 10.0. The van der Waals surface area contributed by atoms with Gasteiger partial charge in [0.2, 0.25) is 5.91 Å². The maximum atomic E-state index is 12.8. The van der Waals surface area contributed by atoms with Crippen LogP contribution in [0.5, 0.6) is 11.5 Å². The molecule has 104 valence electrons. The standard InChI is InChI=1S/C12H9F2N3O3/c13-12(14)19-9-2-1-8(5-10(9)20-12)16-11(18)6-17-4-3-15-7-17/h1-5,7H,6H2,(H,16,18). The number of halogens is 2. The predicted molar refractivity (Wildman–Crippen MR) is 63.5 cm³/mol. The number of nitrogens with one attached hydrogen (secondary N) is 1. The molecule has 0 bridgehead atoms. The molecule has 0 unspecified atom stereocenters. The number of rotatable bonds is 3. The number of benzene rings is 1. The lowest BCUT2D eigenvalue weighted by Crippen LogP contribution is -2.25. The van der Waals surface area contributed by atoms with Crippen LogP contribution >= 0.6 is 0 Å². The SMILES string of the molecule is O=C(Cn1ccnc1)Nc1ccc2c(c1)OC(F)(F)O2. The molecule has 3 rings (SSSR count). The van der Waals surface area contributed by atoms with E-state index in [1.807, 2.05) is 0 Å². The van der Waals surface area contributed by atoms with Crippen LogP contribution in [0.25, 0.3) is 0 Å². The van der Waals surface area contributed by atoms with Crippen molar-refractivity contribution in [1.29, 1.82) is 0 Å². The maximum absolute atomic E-state index is 12.8. The van der Waals surface area contributed by atoms with Gasteiger partial charge in [0, 0.05) is 24.1 Å². The lowest BCUT2D eigenvalue weighted by Gasteiger charge is -2.06. The van der Waals surface area contributed by atoms with Crippen LogP contribution in [0.1, 0.15) is 0 Å². The number of alkyl halides is 2. The molecular weight excluding hydrogens is 272 g/mol. The van der Waals surface area contributed by atoms with Crippen molar-refractivity contribution in [3.8, 4) is 11.5 Å². The van der Waals surface area contributed by atoms with E-state index in [0.717, 1.165) is 0 Å². The molecule has 1 aromatic heterocycles. The molecule has 2 heterocycles. The second kappa shape index (κ2) is 4.48. The molecule has 6 nitrogen and oxygen atoms in total. The number of fused-ring (bicyclic) bond motifs is 1. The number of ether oxygens (including phenoxy) is 2. The average molecular weight is 281 g/mol. The van der Waals surface area contributed by atoms with Gasteiger partial charge in [-0.25, -0.2) is 4.98 Å². The molecular formula is C12H9F2N3O3. The van der Waals surface area contributed by atoms with Crippen LogP contribution in [0.2, 0.25) is 0 Å². The van der Waals surface area contributed by atoms with Crippen LogP contribution in [0.4, 0.5) is 14.5 Å². The number of hydrogen-bond donors (Lipinski definition) is 1. The van der Waals surface area contributed by atoms with Gasteiger partial charge < -0.3 is 19.4 Å². The van der Waals surface area contributed by atoms with Gasteiger partial charge in [-0.2, -0.15) is 0 Å². The Morgan fingerprint density at radius 3 is 2.90 bits per heavy atom. The number of imidazole rings is 1. The molecule has 20 heavy (non-hydrogen) atoms. The fraction of sp³-hybridized carbons (Fsp3) is 0.167. The number of nitrogens with zero attached hydrogens (tertiary/aromatic N) is 2. The number of hydrogen-bond acceptors (Lipinski definition) is 4. The minimum atomic E-state index is -3.66. The Labute approximate surface area is 111 Å². The Bertz CT molecular complexity index is 643. The van der Waals surface area contributed by atoms with Crippen molar-refractivity contribution in [3.05, 3.63) is 36.9 Å². The zero-order valence-electron chi connectivity index (χ0n) is 10.0. The smallest absolute Gasteiger partial charge is 0.395 e. The number of anilines is 1. The van der Waals surface area contributed by atoms with Gasteiger partial charge in [-0.3, -0.25) is 4.79 Å². The van der Waals surface area contributed by atoms with Crippen LogP contribution in [0, 0.1) is 0 Å². The Morgan fingerprint density at radius 1 is 1.35 bits per heavy atom. The van der Waals surface area contributed by atoms with E-state index in [2.05, 4.69) is 19.8 Å². The van der Waals surface area contributed by atoms with E-state index >= 15 is 0 Å². The summed E-state index contributed by atoms with van der Waals surface area (Å²) in [6.45, 7) is 0.0740. The van der Waals surface area contributed by atoms with Crippen LogP contribution < -0.4 is 14.8 Å². The number of carbonyl (C=O) groups is 1. The number of amides is 1. The minimum Gasteiger partial charge on any atom is -0.395 e. The van der Waals surface area contributed by atoms with Crippen LogP contribution in [0.3, 0.4) is 0 Å². The lowest BCUT2D eigenvalue weighted by molar-refractivity contribution is -0.286. The Balaban J connectivity index is 1.69. The molecule has 1 aromatic carbocycles. The summed E-state index contributed by atoms with van der Waals surface area (Å²) in [6.07, 6.45) is 1.03. The fourth-order valence-corrected chi connectivity index (χ4v) is 1.77. The van der Waals surface area contributed by atoms with Crippen molar-refractivity contribution >= 4 is 11.6 Å². The summed E-state index contributed by atoms with van der Waals surface area (Å²) in [5, 5.41) is 2.57. The number of carbonyl (C=O) groups excluding carboxylic acids is 1. The van der Waals surface area contributed by atoms with E-state index in [-0.39, 0.29) is 24.0 Å². The summed E-state index contributed by atoms with van der Waals surface area (Å²) in [5.74, 6) is -0.494. The molecule has 0 saturated carbocycles. The quantitative estimate of drug-likeness (QED) is 0.932. The van der Waals surface area contributed by atoms with E-state index in [4.69, 9.17) is 0 Å². The van der Waals surface area contributed by atoms with Crippen molar-refractivity contribution in [3.63, 3.8) is 0 Å². The van der Waals surface area contributed by atoms with E-state index in [1.54, 1.807) is 17.0 Å². The van der Waals surface area contributed by atoms with Gasteiger partial charge in [-0.15, -0.1) is 8.78 Å². The Morgan fingerprint density at radius 2 is 2.15 bits per heavy atom. The van der Waals surface area contributed by atoms with Crippen molar-refractivity contribution < 1.29 is 23.0 Å². The number of aromatic nitrogens is 2. The van der Waals surface area contributed by atoms with Gasteiger partial charge >= 0.3 is 6.29 Å². The summed E-state index contributed by atoms with van der Waals surface area (Å²) in [4.78, 5) is 15.5. The van der Waals surface area contributed by atoms with Gasteiger partial charge in [0.1, 0.15) is 6.54 Å².